The van der Waals surface area contributed by atoms with Crippen molar-refractivity contribution in [2.24, 2.45) is 5.41 Å². The van der Waals surface area contributed by atoms with Crippen molar-refractivity contribution in [1.82, 2.24) is 34.1 Å². The number of Topliss-reactive ketones (excluding diaryl/α,β-unsaturated/α-hetero) is 1. The van der Waals surface area contributed by atoms with E-state index >= 15 is 0 Å². The maximum Gasteiger partial charge on any atom is 0.416 e. The van der Waals surface area contributed by atoms with Crippen molar-refractivity contribution in [3.8, 4) is 17.1 Å². The lowest BCUT2D eigenvalue weighted by atomic mass is 9.96. The molecular formula is C25H20ClF6N7O3. The maximum absolute atomic E-state index is 13.4. The van der Waals surface area contributed by atoms with Gasteiger partial charge in [0, 0.05) is 16.8 Å². The van der Waals surface area contributed by atoms with Crippen LogP contribution in [0.25, 0.3) is 17.1 Å². The van der Waals surface area contributed by atoms with Crippen LogP contribution in [0.2, 0.25) is 5.02 Å². The summed E-state index contributed by atoms with van der Waals surface area (Å²) in [6, 6.07) is 8.73. The van der Waals surface area contributed by atoms with Crippen LogP contribution in [0.4, 0.5) is 26.3 Å². The monoisotopic (exact) mass is 615 g/mol. The van der Waals surface area contributed by atoms with Crippen molar-refractivity contribution in [3.63, 3.8) is 0 Å². The number of nitrogens with zero attached hydrogens (tertiary/aromatic N) is 7. The minimum Gasteiger partial charge on any atom is -0.382 e. The molecular weight excluding hydrogens is 596 g/mol. The molecule has 0 saturated heterocycles. The molecule has 1 fully saturated rings. The van der Waals surface area contributed by atoms with Gasteiger partial charge in [0.2, 0.25) is 0 Å². The van der Waals surface area contributed by atoms with Crippen LogP contribution in [-0.4, -0.2) is 63.4 Å². The van der Waals surface area contributed by atoms with E-state index in [0.717, 1.165) is 9.36 Å². The van der Waals surface area contributed by atoms with E-state index in [2.05, 4.69) is 20.2 Å². The van der Waals surface area contributed by atoms with Crippen LogP contribution in [0.1, 0.15) is 24.4 Å². The summed E-state index contributed by atoms with van der Waals surface area (Å²) in [7, 11) is 0. The SMILES string of the molecule is O=C(Cc1ncccc1-n1cnc(Cn2nc(-c3ccc(Cl)cc3)n(C[C@H](O)C(F)(F)F)c2=O)n1)C1(C(F)(F)F)CC1. The zero-order chi connectivity index (χ0) is 30.4. The Bertz CT molecular complexity index is 1670. The fourth-order valence-corrected chi connectivity index (χ4v) is 4.48. The van der Waals surface area contributed by atoms with Gasteiger partial charge in [-0.25, -0.2) is 19.1 Å². The van der Waals surface area contributed by atoms with Gasteiger partial charge in [0.15, 0.2) is 23.5 Å². The van der Waals surface area contributed by atoms with Crippen LogP contribution in [0.5, 0.6) is 0 Å². The van der Waals surface area contributed by atoms with Crippen molar-refractivity contribution in [2.75, 3.05) is 0 Å². The summed E-state index contributed by atoms with van der Waals surface area (Å²) >= 11 is 5.89. The van der Waals surface area contributed by atoms with Crippen LogP contribution in [0.15, 0.2) is 53.7 Å². The summed E-state index contributed by atoms with van der Waals surface area (Å²) < 4.78 is 82.2. The predicted octanol–water partition coefficient (Wildman–Crippen LogP) is 3.77. The van der Waals surface area contributed by atoms with E-state index in [1.165, 1.54) is 48.9 Å². The second kappa shape index (κ2) is 10.7. The average molecular weight is 616 g/mol. The summed E-state index contributed by atoms with van der Waals surface area (Å²) in [5.41, 5.74) is -2.91. The van der Waals surface area contributed by atoms with Gasteiger partial charge in [0.05, 0.1) is 24.3 Å². The lowest BCUT2D eigenvalue weighted by molar-refractivity contribution is -0.207. The van der Waals surface area contributed by atoms with Gasteiger partial charge in [-0.1, -0.05) is 11.6 Å². The first-order valence-electron chi connectivity index (χ1n) is 12.3. The Balaban J connectivity index is 1.43. The molecule has 42 heavy (non-hydrogen) atoms. The molecule has 0 radical (unpaired) electrons. The third-order valence-electron chi connectivity index (χ3n) is 6.86. The molecule has 3 aromatic heterocycles. The van der Waals surface area contributed by atoms with E-state index in [9.17, 15) is 41.0 Å². The minimum absolute atomic E-state index is 0.0297. The largest absolute Gasteiger partial charge is 0.416 e. The summed E-state index contributed by atoms with van der Waals surface area (Å²) in [5.74, 6) is -1.22. The number of aromatic nitrogens is 7. The molecule has 5 rings (SSSR count). The second-order valence-electron chi connectivity index (χ2n) is 9.69. The highest BCUT2D eigenvalue weighted by atomic mass is 35.5. The quantitative estimate of drug-likeness (QED) is 0.285. The first-order valence-corrected chi connectivity index (χ1v) is 12.7. The van der Waals surface area contributed by atoms with Gasteiger partial charge in [-0.3, -0.25) is 14.3 Å². The third-order valence-corrected chi connectivity index (χ3v) is 7.11. The van der Waals surface area contributed by atoms with Gasteiger partial charge in [0.25, 0.3) is 0 Å². The Morgan fingerprint density at radius 3 is 2.36 bits per heavy atom. The van der Waals surface area contributed by atoms with Crippen LogP contribution < -0.4 is 5.69 Å². The highest BCUT2D eigenvalue weighted by molar-refractivity contribution is 6.30. The number of carbonyl (C=O) groups excluding carboxylic acids is 1. The molecule has 1 saturated carbocycles. The van der Waals surface area contributed by atoms with Gasteiger partial charge in [-0.15, -0.1) is 10.2 Å². The molecule has 0 aliphatic heterocycles. The number of ketones is 1. The molecule has 0 amide bonds. The molecule has 0 bridgehead atoms. The van der Waals surface area contributed by atoms with E-state index in [1.807, 2.05) is 0 Å². The van der Waals surface area contributed by atoms with Crippen molar-refractivity contribution in [3.05, 3.63) is 75.9 Å². The van der Waals surface area contributed by atoms with Crippen molar-refractivity contribution >= 4 is 17.4 Å². The first kappa shape index (κ1) is 29.4. The van der Waals surface area contributed by atoms with Gasteiger partial charge >= 0.3 is 18.0 Å². The molecule has 0 unspecified atom stereocenters. The predicted molar refractivity (Wildman–Crippen MR) is 134 cm³/mol. The van der Waals surface area contributed by atoms with Crippen molar-refractivity contribution in [1.29, 1.82) is 0 Å². The van der Waals surface area contributed by atoms with Crippen LogP contribution in [0.3, 0.4) is 0 Å². The molecule has 222 valence electrons. The minimum atomic E-state index is -5.00. The Labute approximate surface area is 237 Å². The van der Waals surface area contributed by atoms with Crippen LogP contribution in [-0.2, 0) is 24.3 Å². The Morgan fingerprint density at radius 2 is 1.74 bits per heavy atom. The van der Waals surface area contributed by atoms with E-state index < -0.39 is 54.9 Å². The zero-order valence-corrected chi connectivity index (χ0v) is 22.0. The number of alkyl halides is 6. The van der Waals surface area contributed by atoms with Crippen molar-refractivity contribution in [2.45, 2.75) is 50.8 Å². The topological polar surface area (TPSA) is 121 Å². The molecule has 4 aromatic rings. The number of rotatable bonds is 9. The number of hydrogen-bond acceptors (Lipinski definition) is 7. The normalized spacial score (nSPS) is 15.5. The fourth-order valence-electron chi connectivity index (χ4n) is 4.36. The zero-order valence-electron chi connectivity index (χ0n) is 21.3. The van der Waals surface area contributed by atoms with Crippen molar-refractivity contribution < 1.29 is 36.2 Å². The molecule has 1 atom stereocenters. The maximum atomic E-state index is 13.4. The smallest absolute Gasteiger partial charge is 0.382 e. The fraction of sp³-hybridized carbons (Fsp3) is 0.360. The molecule has 1 N–H and O–H groups in total. The first-order chi connectivity index (χ1) is 19.7. The number of carbonyl (C=O) groups is 1. The molecule has 1 aliphatic carbocycles. The molecule has 0 spiro atoms. The summed E-state index contributed by atoms with van der Waals surface area (Å²) in [6.45, 7) is -1.54. The van der Waals surface area contributed by atoms with Gasteiger partial charge < -0.3 is 5.11 Å². The highest BCUT2D eigenvalue weighted by Crippen LogP contribution is 2.58. The number of halogens is 7. The molecule has 3 heterocycles. The Hall–Kier alpha value is -4.05. The summed E-state index contributed by atoms with van der Waals surface area (Å²) in [4.78, 5) is 33.8. The standard InChI is InChI=1S/C25H20ClF6N7O3/c26-15-5-3-14(4-6-15)21-36-38(22(42)37(21)11-19(41)24(27,28)29)12-20-34-13-39(35-20)17-2-1-9-33-16(17)10-18(40)23(7-8-23)25(30,31)32/h1-6,9,13,19,41H,7-8,10-12H2/t19-/m0/s1. The van der Waals surface area contributed by atoms with Crippen LogP contribution in [0, 0.1) is 5.41 Å². The van der Waals surface area contributed by atoms with Gasteiger partial charge in [-0.2, -0.15) is 26.3 Å². The van der Waals surface area contributed by atoms with E-state index in [0.29, 0.717) is 9.59 Å². The lowest BCUT2D eigenvalue weighted by Crippen LogP contribution is -2.37. The molecule has 10 nitrogen and oxygen atoms in total. The third kappa shape index (κ3) is 5.68. The Kier molecular flexibility index (Phi) is 7.47. The molecule has 1 aliphatic rings. The van der Waals surface area contributed by atoms with E-state index in [1.54, 1.807) is 0 Å². The van der Waals surface area contributed by atoms with E-state index in [4.69, 9.17) is 11.6 Å². The summed E-state index contributed by atoms with van der Waals surface area (Å²) in [6.07, 6.45) is -11.2. The molecule has 1 aromatic carbocycles. The number of aliphatic hydroxyl groups is 1. The van der Waals surface area contributed by atoms with E-state index in [-0.39, 0.29) is 41.4 Å². The lowest BCUT2D eigenvalue weighted by Gasteiger charge is -2.18. The Morgan fingerprint density at radius 1 is 1.05 bits per heavy atom. The number of aliphatic hydroxyl groups excluding tert-OH is 1. The number of pyridine rings is 1. The average Bonchev–Trinajstić information content (AvgIpc) is 3.55. The molecule has 17 heteroatoms. The number of hydrogen-bond donors (Lipinski definition) is 1. The number of benzene rings is 1. The van der Waals surface area contributed by atoms with Gasteiger partial charge in [0.1, 0.15) is 18.3 Å². The van der Waals surface area contributed by atoms with Crippen LogP contribution >= 0.6 is 11.6 Å². The summed E-state index contributed by atoms with van der Waals surface area (Å²) in [5, 5.41) is 18.3. The second-order valence-corrected chi connectivity index (χ2v) is 10.1. The highest BCUT2D eigenvalue weighted by Gasteiger charge is 2.67. The van der Waals surface area contributed by atoms with Gasteiger partial charge in [-0.05, 0) is 49.2 Å².